The Morgan fingerprint density at radius 3 is 2.75 bits per heavy atom. The zero-order valence-electron chi connectivity index (χ0n) is 12.3. The maximum atomic E-state index is 12.2. The first kappa shape index (κ1) is 17.4. The highest BCUT2D eigenvalue weighted by atomic mass is 32.2. The number of nitrogens with one attached hydrogen (secondary N) is 1. The summed E-state index contributed by atoms with van der Waals surface area (Å²) in [6.07, 6.45) is 2.48. The molecule has 0 spiro atoms. The third-order valence-electron chi connectivity index (χ3n) is 3.54. The van der Waals surface area contributed by atoms with Gasteiger partial charge in [0.2, 0.25) is 10.0 Å². The van der Waals surface area contributed by atoms with Gasteiger partial charge >= 0.3 is 5.97 Å². The van der Waals surface area contributed by atoms with E-state index >= 15 is 0 Å². The van der Waals surface area contributed by atoms with E-state index in [4.69, 9.17) is 5.11 Å². The SMILES string of the molecule is CC(C)CCS(=O)(=O)N1CCCC(CNCC(=O)O)C1. The second kappa shape index (κ2) is 7.95. The van der Waals surface area contributed by atoms with Crippen molar-refractivity contribution in [2.75, 3.05) is 31.9 Å². The summed E-state index contributed by atoms with van der Waals surface area (Å²) in [5.41, 5.74) is 0. The zero-order chi connectivity index (χ0) is 15.2. The topological polar surface area (TPSA) is 86.7 Å². The van der Waals surface area contributed by atoms with Crippen LogP contribution in [0.5, 0.6) is 0 Å². The second-order valence-electron chi connectivity index (χ2n) is 5.89. The Hall–Kier alpha value is -0.660. The fourth-order valence-electron chi connectivity index (χ4n) is 2.34. The van der Waals surface area contributed by atoms with Crippen LogP contribution in [0.4, 0.5) is 0 Å². The third kappa shape index (κ3) is 6.19. The molecule has 6 nitrogen and oxygen atoms in total. The van der Waals surface area contributed by atoms with Gasteiger partial charge < -0.3 is 10.4 Å². The van der Waals surface area contributed by atoms with E-state index in [2.05, 4.69) is 5.32 Å². The highest BCUT2D eigenvalue weighted by molar-refractivity contribution is 7.89. The minimum Gasteiger partial charge on any atom is -0.480 e. The van der Waals surface area contributed by atoms with Crippen LogP contribution in [0.3, 0.4) is 0 Å². The van der Waals surface area contributed by atoms with Gasteiger partial charge in [0.05, 0.1) is 12.3 Å². The maximum absolute atomic E-state index is 12.2. The number of piperidine rings is 1. The molecule has 0 aromatic carbocycles. The van der Waals surface area contributed by atoms with E-state index in [0.29, 0.717) is 32.0 Å². The summed E-state index contributed by atoms with van der Waals surface area (Å²) in [6.45, 7) is 5.62. The van der Waals surface area contributed by atoms with Crippen LogP contribution in [0.15, 0.2) is 0 Å². The normalized spacial score (nSPS) is 21.2. The van der Waals surface area contributed by atoms with Gasteiger partial charge in [0, 0.05) is 13.1 Å². The minimum atomic E-state index is -3.16. The number of aliphatic carboxylic acids is 1. The lowest BCUT2D eigenvalue weighted by atomic mass is 10.00. The maximum Gasteiger partial charge on any atom is 0.317 e. The van der Waals surface area contributed by atoms with Crippen LogP contribution in [0, 0.1) is 11.8 Å². The van der Waals surface area contributed by atoms with Crippen molar-refractivity contribution >= 4 is 16.0 Å². The lowest BCUT2D eigenvalue weighted by Gasteiger charge is -2.32. The van der Waals surface area contributed by atoms with Crippen molar-refractivity contribution in [2.45, 2.75) is 33.1 Å². The van der Waals surface area contributed by atoms with E-state index in [9.17, 15) is 13.2 Å². The van der Waals surface area contributed by atoms with E-state index in [0.717, 1.165) is 12.8 Å². The Labute approximate surface area is 121 Å². The highest BCUT2D eigenvalue weighted by Gasteiger charge is 2.28. The zero-order valence-corrected chi connectivity index (χ0v) is 13.2. The number of sulfonamides is 1. The molecule has 0 amide bonds. The number of hydrogen-bond acceptors (Lipinski definition) is 4. The summed E-state index contributed by atoms with van der Waals surface area (Å²) in [4.78, 5) is 10.4. The fraction of sp³-hybridized carbons (Fsp3) is 0.923. The van der Waals surface area contributed by atoms with Gasteiger partial charge in [-0.2, -0.15) is 0 Å². The van der Waals surface area contributed by atoms with Gasteiger partial charge in [-0.25, -0.2) is 12.7 Å². The monoisotopic (exact) mass is 306 g/mol. The smallest absolute Gasteiger partial charge is 0.317 e. The molecule has 1 unspecified atom stereocenters. The predicted octanol–water partition coefficient (Wildman–Crippen LogP) is 0.749. The molecule has 0 aromatic rings. The quantitative estimate of drug-likeness (QED) is 0.691. The molecule has 0 radical (unpaired) electrons. The predicted molar refractivity (Wildman–Crippen MR) is 78.0 cm³/mol. The van der Waals surface area contributed by atoms with Gasteiger partial charge in [-0.05, 0) is 37.6 Å². The van der Waals surface area contributed by atoms with Crippen molar-refractivity contribution in [3.63, 3.8) is 0 Å². The van der Waals surface area contributed by atoms with Crippen molar-refractivity contribution in [3.05, 3.63) is 0 Å². The third-order valence-corrected chi connectivity index (χ3v) is 5.41. The molecule has 1 fully saturated rings. The van der Waals surface area contributed by atoms with E-state index in [1.807, 2.05) is 13.8 Å². The molecule has 7 heteroatoms. The van der Waals surface area contributed by atoms with Crippen LogP contribution in [0.25, 0.3) is 0 Å². The number of carboxylic acid groups (broad SMARTS) is 1. The average Bonchev–Trinajstić information content (AvgIpc) is 2.36. The van der Waals surface area contributed by atoms with Crippen LogP contribution in [-0.4, -0.2) is 55.7 Å². The molecule has 0 bridgehead atoms. The standard InChI is InChI=1S/C13H26N2O4S/c1-11(2)5-7-20(18,19)15-6-3-4-12(10-15)8-14-9-13(16)17/h11-12,14H,3-10H2,1-2H3,(H,16,17). The van der Waals surface area contributed by atoms with Gasteiger partial charge in [0.1, 0.15) is 0 Å². The molecular weight excluding hydrogens is 280 g/mol. The second-order valence-corrected chi connectivity index (χ2v) is 7.98. The molecule has 1 heterocycles. The Morgan fingerprint density at radius 2 is 2.15 bits per heavy atom. The Bertz CT molecular complexity index is 409. The molecule has 118 valence electrons. The molecule has 1 atom stereocenters. The van der Waals surface area contributed by atoms with Gasteiger partial charge in [0.25, 0.3) is 0 Å². The highest BCUT2D eigenvalue weighted by Crippen LogP contribution is 2.20. The lowest BCUT2D eigenvalue weighted by Crippen LogP contribution is -2.44. The van der Waals surface area contributed by atoms with E-state index in [-0.39, 0.29) is 18.2 Å². The lowest BCUT2D eigenvalue weighted by molar-refractivity contribution is -0.136. The first-order valence-electron chi connectivity index (χ1n) is 7.21. The van der Waals surface area contributed by atoms with Crippen LogP contribution >= 0.6 is 0 Å². The molecule has 0 aromatic heterocycles. The summed E-state index contributed by atoms with van der Waals surface area (Å²) in [5, 5.41) is 11.4. The van der Waals surface area contributed by atoms with Gasteiger partial charge in [0.15, 0.2) is 0 Å². The molecule has 2 N–H and O–H groups in total. The number of carbonyl (C=O) groups is 1. The average molecular weight is 306 g/mol. The molecule has 20 heavy (non-hydrogen) atoms. The number of carboxylic acids is 1. The fourth-order valence-corrected chi connectivity index (χ4v) is 4.22. The largest absolute Gasteiger partial charge is 0.480 e. The molecular formula is C13H26N2O4S. The van der Waals surface area contributed by atoms with Gasteiger partial charge in [-0.15, -0.1) is 0 Å². The molecule has 0 saturated carbocycles. The first-order chi connectivity index (χ1) is 9.31. The molecule has 1 aliphatic heterocycles. The first-order valence-corrected chi connectivity index (χ1v) is 8.82. The minimum absolute atomic E-state index is 0.0728. The number of nitrogens with zero attached hydrogens (tertiary/aromatic N) is 1. The van der Waals surface area contributed by atoms with Crippen molar-refractivity contribution in [1.29, 1.82) is 0 Å². The molecule has 0 aliphatic carbocycles. The Balaban J connectivity index is 2.45. The van der Waals surface area contributed by atoms with Crippen LogP contribution in [-0.2, 0) is 14.8 Å². The van der Waals surface area contributed by atoms with Gasteiger partial charge in [-0.3, -0.25) is 4.79 Å². The van der Waals surface area contributed by atoms with Crippen LogP contribution in [0.2, 0.25) is 0 Å². The Morgan fingerprint density at radius 1 is 1.45 bits per heavy atom. The van der Waals surface area contributed by atoms with Crippen molar-refractivity contribution in [2.24, 2.45) is 11.8 Å². The van der Waals surface area contributed by atoms with E-state index in [1.54, 1.807) is 4.31 Å². The van der Waals surface area contributed by atoms with Gasteiger partial charge in [-0.1, -0.05) is 13.8 Å². The molecule has 1 aliphatic rings. The summed E-state index contributed by atoms with van der Waals surface area (Å²) < 4.78 is 26.0. The van der Waals surface area contributed by atoms with E-state index < -0.39 is 16.0 Å². The molecule has 1 rings (SSSR count). The number of hydrogen-bond donors (Lipinski definition) is 2. The summed E-state index contributed by atoms with van der Waals surface area (Å²) in [6, 6.07) is 0. The Kier molecular flexibility index (Phi) is 6.91. The molecule has 1 saturated heterocycles. The summed E-state index contributed by atoms with van der Waals surface area (Å²) in [7, 11) is -3.16. The van der Waals surface area contributed by atoms with Crippen molar-refractivity contribution in [3.8, 4) is 0 Å². The summed E-state index contributed by atoms with van der Waals surface area (Å²) >= 11 is 0. The van der Waals surface area contributed by atoms with Crippen LogP contribution < -0.4 is 5.32 Å². The van der Waals surface area contributed by atoms with Crippen LogP contribution in [0.1, 0.15) is 33.1 Å². The van der Waals surface area contributed by atoms with Crippen molar-refractivity contribution < 1.29 is 18.3 Å². The van der Waals surface area contributed by atoms with Crippen molar-refractivity contribution in [1.82, 2.24) is 9.62 Å². The van der Waals surface area contributed by atoms with E-state index in [1.165, 1.54) is 0 Å². The number of rotatable bonds is 8. The summed E-state index contributed by atoms with van der Waals surface area (Å²) in [5.74, 6) is -0.0957.